The highest BCUT2D eigenvalue weighted by Crippen LogP contribution is 2.19. The van der Waals surface area contributed by atoms with Gasteiger partial charge in [-0.05, 0) is 51.2 Å². The lowest BCUT2D eigenvalue weighted by Gasteiger charge is -2.13. The van der Waals surface area contributed by atoms with Crippen molar-refractivity contribution in [3.05, 3.63) is 57.5 Å². The van der Waals surface area contributed by atoms with Crippen LogP contribution in [0.3, 0.4) is 0 Å². The highest BCUT2D eigenvalue weighted by Gasteiger charge is 2.15. The lowest BCUT2D eigenvalue weighted by Crippen LogP contribution is -2.30. The summed E-state index contributed by atoms with van der Waals surface area (Å²) in [5.41, 5.74) is 2.28. The molecule has 2 aromatic rings. The molecule has 0 radical (unpaired) electrons. The van der Waals surface area contributed by atoms with Gasteiger partial charge in [0.2, 0.25) is 5.76 Å². The Morgan fingerprint density at radius 3 is 2.85 bits per heavy atom. The van der Waals surface area contributed by atoms with Crippen molar-refractivity contribution in [3.63, 3.8) is 0 Å². The summed E-state index contributed by atoms with van der Waals surface area (Å²) in [4.78, 5) is 36.1. The third kappa shape index (κ3) is 5.06. The maximum absolute atomic E-state index is 12.1. The van der Waals surface area contributed by atoms with E-state index in [1.54, 1.807) is 18.2 Å². The Kier molecular flexibility index (Phi) is 6.06. The number of aryl methyl sites for hydroxylation is 1. The molecular weight excluding hydrogens is 346 g/mol. The Morgan fingerprint density at radius 2 is 2.07 bits per heavy atom. The Balaban J connectivity index is 1.52. The summed E-state index contributed by atoms with van der Waals surface area (Å²) < 4.78 is 10.4. The number of allylic oxidation sites excluding steroid dienone is 1. The number of nitrogens with one attached hydrogen (secondary N) is 1. The quantitative estimate of drug-likeness (QED) is 0.624. The number of hydrogen-bond acceptors (Lipinski definition) is 5. The van der Waals surface area contributed by atoms with Crippen molar-refractivity contribution in [3.8, 4) is 0 Å². The fourth-order valence-corrected chi connectivity index (χ4v) is 3.12. The summed E-state index contributed by atoms with van der Waals surface area (Å²) in [6.45, 7) is 1.98. The van der Waals surface area contributed by atoms with Crippen LogP contribution in [-0.2, 0) is 9.53 Å². The summed E-state index contributed by atoms with van der Waals surface area (Å²) in [5, 5.41) is 3.14. The molecule has 1 aromatic heterocycles. The first-order chi connectivity index (χ1) is 13.0. The number of esters is 1. The van der Waals surface area contributed by atoms with Crippen LogP contribution in [0.1, 0.15) is 48.2 Å². The summed E-state index contributed by atoms with van der Waals surface area (Å²) in [6, 6.07) is 6.22. The number of carbonyl (C=O) groups is 2. The third-order valence-corrected chi connectivity index (χ3v) is 4.57. The molecule has 3 rings (SSSR count). The van der Waals surface area contributed by atoms with Crippen molar-refractivity contribution >= 4 is 22.8 Å². The van der Waals surface area contributed by atoms with E-state index in [4.69, 9.17) is 9.15 Å². The molecular formula is C21H23NO5. The minimum Gasteiger partial charge on any atom is -0.450 e. The molecule has 142 valence electrons. The molecule has 0 unspecified atom stereocenters. The molecule has 1 aliphatic rings. The molecule has 1 amide bonds. The highest BCUT2D eigenvalue weighted by molar-refractivity contribution is 5.90. The van der Waals surface area contributed by atoms with Gasteiger partial charge in [0, 0.05) is 12.6 Å². The second-order valence-corrected chi connectivity index (χ2v) is 6.76. The number of fused-ring (bicyclic) bond motifs is 1. The number of amides is 1. The van der Waals surface area contributed by atoms with E-state index in [2.05, 4.69) is 11.4 Å². The van der Waals surface area contributed by atoms with Crippen molar-refractivity contribution in [2.24, 2.45) is 0 Å². The summed E-state index contributed by atoms with van der Waals surface area (Å²) in [6.07, 6.45) is 7.69. The van der Waals surface area contributed by atoms with Crippen LogP contribution in [0.25, 0.3) is 11.0 Å². The van der Waals surface area contributed by atoms with Crippen molar-refractivity contribution in [2.45, 2.75) is 39.0 Å². The largest absolute Gasteiger partial charge is 0.450 e. The smallest absolute Gasteiger partial charge is 0.374 e. The monoisotopic (exact) mass is 369 g/mol. The molecule has 1 N–H and O–H groups in total. The zero-order valence-electron chi connectivity index (χ0n) is 15.4. The van der Waals surface area contributed by atoms with Crippen LogP contribution in [0.4, 0.5) is 0 Å². The van der Waals surface area contributed by atoms with Gasteiger partial charge in [0.05, 0.1) is 5.39 Å². The molecule has 0 saturated heterocycles. The molecule has 1 heterocycles. The minimum atomic E-state index is -0.834. The van der Waals surface area contributed by atoms with Gasteiger partial charge in [0.15, 0.2) is 12.0 Å². The van der Waals surface area contributed by atoms with E-state index in [0.717, 1.165) is 30.9 Å². The summed E-state index contributed by atoms with van der Waals surface area (Å²) in [5.74, 6) is -1.42. The molecule has 1 aromatic carbocycles. The molecule has 6 heteroatoms. The van der Waals surface area contributed by atoms with Crippen LogP contribution in [-0.4, -0.2) is 25.0 Å². The summed E-state index contributed by atoms with van der Waals surface area (Å²) >= 11 is 0. The van der Waals surface area contributed by atoms with Crippen molar-refractivity contribution in [1.29, 1.82) is 0 Å². The van der Waals surface area contributed by atoms with Crippen LogP contribution in [0, 0.1) is 6.92 Å². The molecule has 0 spiro atoms. The lowest BCUT2D eigenvalue weighted by atomic mass is 9.97. The molecule has 0 bridgehead atoms. The second kappa shape index (κ2) is 8.66. The number of rotatable bonds is 6. The predicted octanol–water partition coefficient (Wildman–Crippen LogP) is 3.26. The zero-order chi connectivity index (χ0) is 19.2. The van der Waals surface area contributed by atoms with Crippen LogP contribution in [0.2, 0.25) is 0 Å². The second-order valence-electron chi connectivity index (χ2n) is 6.76. The zero-order valence-corrected chi connectivity index (χ0v) is 15.4. The molecule has 1 aliphatic carbocycles. The van der Waals surface area contributed by atoms with E-state index in [0.29, 0.717) is 17.5 Å². The molecule has 0 saturated carbocycles. The van der Waals surface area contributed by atoms with Gasteiger partial charge in [-0.3, -0.25) is 9.59 Å². The first-order valence-electron chi connectivity index (χ1n) is 9.19. The van der Waals surface area contributed by atoms with Gasteiger partial charge in [-0.1, -0.05) is 23.3 Å². The first-order valence-corrected chi connectivity index (χ1v) is 9.19. The van der Waals surface area contributed by atoms with Crippen LogP contribution in [0.5, 0.6) is 0 Å². The van der Waals surface area contributed by atoms with Crippen molar-refractivity contribution < 1.29 is 18.7 Å². The van der Waals surface area contributed by atoms with Crippen LogP contribution < -0.4 is 10.7 Å². The molecule has 0 atom stereocenters. The maximum atomic E-state index is 12.1. The fraction of sp³-hybridized carbons (Fsp3) is 0.381. The number of ether oxygens (including phenoxy) is 1. The van der Waals surface area contributed by atoms with E-state index in [9.17, 15) is 14.4 Å². The van der Waals surface area contributed by atoms with E-state index in [-0.39, 0.29) is 17.1 Å². The predicted molar refractivity (Wildman–Crippen MR) is 102 cm³/mol. The van der Waals surface area contributed by atoms with Crippen LogP contribution in [0.15, 0.2) is 45.1 Å². The first kappa shape index (κ1) is 18.9. The normalized spacial score (nSPS) is 13.9. The third-order valence-electron chi connectivity index (χ3n) is 4.57. The number of carbonyl (C=O) groups excluding carboxylic acids is 2. The fourth-order valence-electron chi connectivity index (χ4n) is 3.12. The van der Waals surface area contributed by atoms with E-state index >= 15 is 0 Å². The van der Waals surface area contributed by atoms with Gasteiger partial charge >= 0.3 is 5.97 Å². The average molecular weight is 369 g/mol. The Labute approximate surface area is 157 Å². The van der Waals surface area contributed by atoms with Gasteiger partial charge in [0.25, 0.3) is 5.91 Å². The van der Waals surface area contributed by atoms with Crippen LogP contribution >= 0.6 is 0 Å². The Bertz CT molecular complexity index is 941. The average Bonchev–Trinajstić information content (AvgIpc) is 2.67. The SMILES string of the molecule is Cc1ccc2oc(C(=O)OCC(=O)NCCC3=CCCCC3)cc(=O)c2c1. The Morgan fingerprint density at radius 1 is 1.22 bits per heavy atom. The van der Waals surface area contributed by atoms with Gasteiger partial charge < -0.3 is 14.5 Å². The molecule has 27 heavy (non-hydrogen) atoms. The molecule has 0 fully saturated rings. The van der Waals surface area contributed by atoms with E-state index in [1.807, 2.05) is 6.92 Å². The maximum Gasteiger partial charge on any atom is 0.374 e. The van der Waals surface area contributed by atoms with Gasteiger partial charge in [-0.15, -0.1) is 0 Å². The summed E-state index contributed by atoms with van der Waals surface area (Å²) in [7, 11) is 0. The molecule has 6 nitrogen and oxygen atoms in total. The topological polar surface area (TPSA) is 85.6 Å². The van der Waals surface area contributed by atoms with Crippen molar-refractivity contribution in [2.75, 3.05) is 13.2 Å². The standard InChI is InChI=1S/C21H23NO5/c1-14-7-8-18-16(11-14)17(23)12-19(27-18)21(25)26-13-20(24)22-10-9-15-5-3-2-4-6-15/h5,7-8,11-12H,2-4,6,9-10,13H2,1H3,(H,22,24). The molecule has 0 aliphatic heterocycles. The minimum absolute atomic E-state index is 0.212. The van der Waals surface area contributed by atoms with E-state index in [1.165, 1.54) is 18.4 Å². The lowest BCUT2D eigenvalue weighted by molar-refractivity contribution is -0.124. The highest BCUT2D eigenvalue weighted by atomic mass is 16.5. The van der Waals surface area contributed by atoms with E-state index < -0.39 is 12.6 Å². The number of hydrogen-bond donors (Lipinski definition) is 1. The Hall–Kier alpha value is -2.89. The van der Waals surface area contributed by atoms with Gasteiger partial charge in [0.1, 0.15) is 5.58 Å². The van der Waals surface area contributed by atoms with Gasteiger partial charge in [-0.25, -0.2) is 4.79 Å². The van der Waals surface area contributed by atoms with Gasteiger partial charge in [-0.2, -0.15) is 0 Å². The number of benzene rings is 1. The van der Waals surface area contributed by atoms with Crippen molar-refractivity contribution in [1.82, 2.24) is 5.32 Å².